The summed E-state index contributed by atoms with van der Waals surface area (Å²) in [6, 6.07) is 0. The maximum atomic E-state index is 14.3. The summed E-state index contributed by atoms with van der Waals surface area (Å²) in [7, 11) is 0. The lowest BCUT2D eigenvalue weighted by molar-refractivity contribution is -0.207. The zero-order valence-electron chi connectivity index (χ0n) is 11.7. The molecule has 1 saturated heterocycles. The number of nitrogens with zero attached hydrogens (tertiary/aromatic N) is 1. The van der Waals surface area contributed by atoms with Gasteiger partial charge in [0.2, 0.25) is 0 Å². The van der Waals surface area contributed by atoms with Crippen molar-refractivity contribution in [2.45, 2.75) is 24.3 Å². The number of ether oxygens (including phenoxy) is 1. The highest BCUT2D eigenvalue weighted by Crippen LogP contribution is 2.37. The second-order valence-electron chi connectivity index (χ2n) is 4.07. The summed E-state index contributed by atoms with van der Waals surface area (Å²) in [4.78, 5) is 24.7. The Morgan fingerprint density at radius 2 is 2.35 bits per heavy atom. The maximum absolute atomic E-state index is 14.3. The van der Waals surface area contributed by atoms with Gasteiger partial charge in [-0.15, -0.1) is 0 Å². The summed E-state index contributed by atoms with van der Waals surface area (Å²) >= 11 is 4.70. The molecule has 0 aliphatic carbocycles. The van der Waals surface area contributed by atoms with E-state index in [-0.39, 0.29) is 10.2 Å². The normalized spacial score (nSPS) is 35.5. The fraction of sp³-hybridized carbons (Fsp3) is 0.500. The summed E-state index contributed by atoms with van der Waals surface area (Å²) in [6.07, 6.45) is -5.31. The summed E-state index contributed by atoms with van der Waals surface area (Å²) in [5.41, 5.74) is -1.17. The Kier molecular flexibility index (Phi) is 3.16. The molecule has 2 rings (SSSR count). The lowest BCUT2D eigenvalue weighted by atomic mass is 10.1. The summed E-state index contributed by atoms with van der Waals surface area (Å²) in [5, 5.41) is 28.5. The van der Waals surface area contributed by atoms with Crippen molar-refractivity contribution in [3.63, 3.8) is 0 Å². The lowest BCUT2D eigenvalue weighted by Crippen LogP contribution is -2.42. The number of carbonyl (C=O) groups is 1. The SMILES string of the molecule is [2H]C([2H])(O)[C@@]1(F)O[C@@H](n2cc(C=O)c(=S)[nH]c2=O)[C@H](O)[C@@H]1O. The van der Waals surface area contributed by atoms with Crippen molar-refractivity contribution in [1.82, 2.24) is 9.55 Å². The quantitative estimate of drug-likeness (QED) is 0.401. The first kappa shape index (κ1) is 12.3. The Labute approximate surface area is 118 Å². The minimum Gasteiger partial charge on any atom is -0.390 e. The largest absolute Gasteiger partial charge is 0.390 e. The van der Waals surface area contributed by atoms with Crippen LogP contribution in [0, 0.1) is 4.64 Å². The van der Waals surface area contributed by atoms with E-state index < -0.39 is 36.5 Å². The molecular weight excluding hydrogens is 295 g/mol. The predicted octanol–water partition coefficient (Wildman–Crippen LogP) is -1.37. The van der Waals surface area contributed by atoms with Gasteiger partial charge in [-0.3, -0.25) is 14.3 Å². The highest BCUT2D eigenvalue weighted by Gasteiger charge is 2.55. The number of aromatic amines is 1. The topological polar surface area (TPSA) is 125 Å². The Bertz CT molecular complexity index is 719. The average Bonchev–Trinajstić information content (AvgIpc) is 2.64. The Hall–Kier alpha value is -1.46. The summed E-state index contributed by atoms with van der Waals surface area (Å²) < 4.78 is 33.1. The monoisotopic (exact) mass is 308 g/mol. The molecule has 0 aromatic carbocycles. The van der Waals surface area contributed by atoms with Crippen LogP contribution in [0.4, 0.5) is 4.39 Å². The number of aromatic nitrogens is 2. The van der Waals surface area contributed by atoms with E-state index >= 15 is 0 Å². The van der Waals surface area contributed by atoms with Gasteiger partial charge in [-0.25, -0.2) is 9.18 Å². The highest BCUT2D eigenvalue weighted by atomic mass is 32.1. The van der Waals surface area contributed by atoms with E-state index in [1.165, 1.54) is 0 Å². The molecule has 0 radical (unpaired) electrons. The molecule has 0 bridgehead atoms. The zero-order chi connectivity index (χ0) is 16.9. The lowest BCUT2D eigenvalue weighted by Gasteiger charge is -2.20. The number of carbonyl (C=O) groups excluding carboxylic acids is 1. The molecule has 0 unspecified atom stereocenters. The molecule has 1 aliphatic rings. The number of rotatable bonds is 3. The number of halogens is 1. The number of aldehydes is 1. The first-order valence-corrected chi connectivity index (χ1v) is 5.69. The molecule has 1 aromatic heterocycles. The standard InChI is InChI=1S/C10H11FN2O6S/c11-10(3-15)6(17)5(16)8(19-10)13-1-4(2-14)7(20)12-9(13)18/h1-2,5-6,8,15-17H,3H2,(H,12,18,20)/t5-,6+,8-,10-/m1/s1/i3D2. The fourth-order valence-corrected chi connectivity index (χ4v) is 1.97. The summed E-state index contributed by atoms with van der Waals surface area (Å²) in [5.74, 6) is -3.68. The van der Waals surface area contributed by atoms with Crippen molar-refractivity contribution < 1.29 is 32.0 Å². The van der Waals surface area contributed by atoms with Gasteiger partial charge in [0.15, 0.2) is 12.5 Å². The van der Waals surface area contributed by atoms with E-state index in [2.05, 4.69) is 9.72 Å². The average molecular weight is 308 g/mol. The number of alkyl halides is 1. The van der Waals surface area contributed by atoms with Crippen LogP contribution in [0.1, 0.15) is 19.3 Å². The van der Waals surface area contributed by atoms with Crippen molar-refractivity contribution in [2.75, 3.05) is 6.56 Å². The smallest absolute Gasteiger partial charge is 0.328 e. The molecular formula is C10H11FN2O6S. The predicted molar refractivity (Wildman–Crippen MR) is 64.3 cm³/mol. The molecule has 0 amide bonds. The van der Waals surface area contributed by atoms with Gasteiger partial charge in [-0.2, -0.15) is 0 Å². The van der Waals surface area contributed by atoms with Crippen LogP contribution in [0.15, 0.2) is 11.0 Å². The van der Waals surface area contributed by atoms with E-state index in [1.54, 1.807) is 0 Å². The third-order valence-electron chi connectivity index (χ3n) is 2.84. The van der Waals surface area contributed by atoms with Crippen LogP contribution in [0.25, 0.3) is 0 Å². The Morgan fingerprint density at radius 1 is 1.70 bits per heavy atom. The first-order chi connectivity index (χ1) is 10.0. The van der Waals surface area contributed by atoms with E-state index in [4.69, 9.17) is 20.1 Å². The molecule has 10 heteroatoms. The molecule has 0 spiro atoms. The number of hydrogen-bond donors (Lipinski definition) is 4. The van der Waals surface area contributed by atoms with Gasteiger partial charge in [-0.1, -0.05) is 12.2 Å². The Balaban J connectivity index is 2.54. The third kappa shape index (κ3) is 2.21. The zero-order valence-corrected chi connectivity index (χ0v) is 10.5. The minimum atomic E-state index is -3.68. The van der Waals surface area contributed by atoms with Crippen molar-refractivity contribution in [3.8, 4) is 0 Å². The number of H-pyrrole nitrogens is 1. The number of aliphatic hydroxyl groups excluding tert-OH is 2. The van der Waals surface area contributed by atoms with Gasteiger partial charge in [0.1, 0.15) is 23.4 Å². The van der Waals surface area contributed by atoms with Crippen molar-refractivity contribution in [3.05, 3.63) is 26.9 Å². The molecule has 20 heavy (non-hydrogen) atoms. The molecule has 0 saturated carbocycles. The second kappa shape index (κ2) is 5.14. The van der Waals surface area contributed by atoms with Crippen LogP contribution in [-0.2, 0) is 4.74 Å². The molecule has 4 N–H and O–H groups in total. The van der Waals surface area contributed by atoms with E-state index in [0.717, 1.165) is 6.20 Å². The van der Waals surface area contributed by atoms with E-state index in [1.807, 2.05) is 0 Å². The van der Waals surface area contributed by atoms with Crippen LogP contribution in [-0.4, -0.2) is 55.8 Å². The third-order valence-corrected chi connectivity index (χ3v) is 3.18. The van der Waals surface area contributed by atoms with Gasteiger partial charge in [0.05, 0.1) is 8.30 Å². The van der Waals surface area contributed by atoms with Crippen LogP contribution in [0.5, 0.6) is 0 Å². The second-order valence-corrected chi connectivity index (χ2v) is 4.48. The van der Waals surface area contributed by atoms with Crippen LogP contribution in [0.2, 0.25) is 0 Å². The minimum absolute atomic E-state index is 0.178. The summed E-state index contributed by atoms with van der Waals surface area (Å²) in [6.45, 7) is -3.65. The molecule has 1 aromatic rings. The van der Waals surface area contributed by atoms with Crippen LogP contribution in [0.3, 0.4) is 0 Å². The number of nitrogens with one attached hydrogen (secondary N) is 1. The molecule has 8 nitrogen and oxygen atoms in total. The van der Waals surface area contributed by atoms with E-state index in [9.17, 15) is 24.2 Å². The number of hydrogen-bond acceptors (Lipinski definition) is 7. The van der Waals surface area contributed by atoms with Crippen molar-refractivity contribution in [1.29, 1.82) is 0 Å². The molecule has 1 aliphatic heterocycles. The van der Waals surface area contributed by atoms with Gasteiger partial charge in [0, 0.05) is 6.20 Å². The van der Waals surface area contributed by atoms with Crippen LogP contribution >= 0.6 is 12.2 Å². The van der Waals surface area contributed by atoms with Crippen molar-refractivity contribution >= 4 is 18.5 Å². The molecule has 4 atom stereocenters. The fourth-order valence-electron chi connectivity index (χ4n) is 1.78. The van der Waals surface area contributed by atoms with Gasteiger partial charge >= 0.3 is 5.69 Å². The molecule has 110 valence electrons. The van der Waals surface area contributed by atoms with Gasteiger partial charge in [0.25, 0.3) is 5.85 Å². The van der Waals surface area contributed by atoms with Gasteiger partial charge in [-0.05, 0) is 0 Å². The van der Waals surface area contributed by atoms with E-state index in [0.29, 0.717) is 10.9 Å². The molecule has 2 heterocycles. The first-order valence-electron chi connectivity index (χ1n) is 6.29. The highest BCUT2D eigenvalue weighted by molar-refractivity contribution is 7.71. The molecule has 1 fully saturated rings. The maximum Gasteiger partial charge on any atom is 0.328 e. The number of aliphatic hydroxyl groups is 3. The van der Waals surface area contributed by atoms with Crippen LogP contribution < -0.4 is 5.69 Å². The van der Waals surface area contributed by atoms with Crippen molar-refractivity contribution in [2.24, 2.45) is 0 Å². The van der Waals surface area contributed by atoms with Gasteiger partial charge < -0.3 is 20.1 Å². The Morgan fingerprint density at radius 3 is 2.85 bits per heavy atom.